The Hall–Kier alpha value is -2.57. The fourth-order valence-electron chi connectivity index (χ4n) is 4.40. The minimum atomic E-state index is -0.855. The number of carbonyl (C=O) groups excluding carboxylic acids is 3. The highest BCUT2D eigenvalue weighted by molar-refractivity contribution is 6.07. The molecule has 2 aliphatic heterocycles. The van der Waals surface area contributed by atoms with Gasteiger partial charge in [0.1, 0.15) is 11.3 Å². The van der Waals surface area contributed by atoms with Crippen LogP contribution in [0.1, 0.15) is 63.7 Å². The van der Waals surface area contributed by atoms with E-state index in [1.165, 1.54) is 0 Å². The summed E-state index contributed by atoms with van der Waals surface area (Å²) >= 11 is 0. The zero-order chi connectivity index (χ0) is 21.9. The topological polar surface area (TPSA) is 87.7 Å². The Labute approximate surface area is 178 Å². The second-order valence-electron chi connectivity index (χ2n) is 9.07. The summed E-state index contributed by atoms with van der Waals surface area (Å²) in [4.78, 5) is 39.3. The molecule has 30 heavy (non-hydrogen) atoms. The van der Waals surface area contributed by atoms with E-state index < -0.39 is 11.6 Å². The number of piperidine rings is 1. The number of ether oxygens (including phenoxy) is 1. The summed E-state index contributed by atoms with van der Waals surface area (Å²) in [5, 5.41) is 5.35. The van der Waals surface area contributed by atoms with Crippen LogP contribution in [0.15, 0.2) is 24.3 Å². The zero-order valence-corrected chi connectivity index (χ0v) is 18.4. The van der Waals surface area contributed by atoms with Gasteiger partial charge in [0.05, 0.1) is 6.10 Å². The van der Waals surface area contributed by atoms with Gasteiger partial charge in [-0.2, -0.15) is 0 Å². The SMILES string of the molecule is CC(C)CCC1(C2CCN(C(=O)c3ccc(OC(C)C)cc3)CC2)NC(=O)NC1=O. The normalized spacial score (nSPS) is 22.4. The molecule has 1 aromatic rings. The maximum absolute atomic E-state index is 12.9. The number of carbonyl (C=O) groups is 3. The van der Waals surface area contributed by atoms with Crippen LogP contribution in [0.3, 0.4) is 0 Å². The predicted octanol–water partition coefficient (Wildman–Crippen LogP) is 3.34. The van der Waals surface area contributed by atoms with E-state index in [2.05, 4.69) is 24.5 Å². The summed E-state index contributed by atoms with van der Waals surface area (Å²) in [6.07, 6.45) is 2.94. The maximum Gasteiger partial charge on any atom is 0.322 e. The third-order valence-corrected chi connectivity index (χ3v) is 6.04. The highest BCUT2D eigenvalue weighted by atomic mass is 16.5. The lowest BCUT2D eigenvalue weighted by Crippen LogP contribution is -2.56. The van der Waals surface area contributed by atoms with E-state index in [9.17, 15) is 14.4 Å². The lowest BCUT2D eigenvalue weighted by molar-refractivity contribution is -0.127. The van der Waals surface area contributed by atoms with Crippen molar-refractivity contribution in [3.05, 3.63) is 29.8 Å². The van der Waals surface area contributed by atoms with Crippen molar-refractivity contribution in [3.63, 3.8) is 0 Å². The summed E-state index contributed by atoms with van der Waals surface area (Å²) < 4.78 is 5.64. The van der Waals surface area contributed by atoms with E-state index in [1.54, 1.807) is 12.1 Å². The Morgan fingerprint density at radius 3 is 2.27 bits per heavy atom. The Kier molecular flexibility index (Phi) is 6.68. The summed E-state index contributed by atoms with van der Waals surface area (Å²) in [6.45, 7) is 9.29. The molecule has 1 unspecified atom stereocenters. The van der Waals surface area contributed by atoms with Crippen molar-refractivity contribution in [2.75, 3.05) is 13.1 Å². The third-order valence-electron chi connectivity index (χ3n) is 6.04. The van der Waals surface area contributed by atoms with Gasteiger partial charge in [0, 0.05) is 18.7 Å². The van der Waals surface area contributed by atoms with Crippen LogP contribution in [0, 0.1) is 11.8 Å². The fourth-order valence-corrected chi connectivity index (χ4v) is 4.40. The molecule has 0 aromatic heterocycles. The molecular formula is C23H33N3O4. The Morgan fingerprint density at radius 1 is 1.13 bits per heavy atom. The standard InChI is InChI=1S/C23H33N3O4/c1-15(2)9-12-23(21(28)24-22(29)25-23)18-10-13-26(14-11-18)20(27)17-5-7-19(8-6-17)30-16(3)4/h5-8,15-16,18H,9-14H2,1-4H3,(H2,24,25,28,29). The molecule has 7 heteroatoms. The summed E-state index contributed by atoms with van der Waals surface area (Å²) in [6, 6.07) is 6.81. The average molecular weight is 416 g/mol. The Bertz CT molecular complexity index is 782. The van der Waals surface area contributed by atoms with Crippen molar-refractivity contribution in [3.8, 4) is 5.75 Å². The molecule has 0 bridgehead atoms. The van der Waals surface area contributed by atoms with Crippen molar-refractivity contribution >= 4 is 17.8 Å². The second-order valence-corrected chi connectivity index (χ2v) is 9.07. The van der Waals surface area contributed by atoms with Gasteiger partial charge in [-0.15, -0.1) is 0 Å². The predicted molar refractivity (Wildman–Crippen MR) is 114 cm³/mol. The highest BCUT2D eigenvalue weighted by Gasteiger charge is 2.52. The molecule has 164 valence electrons. The molecule has 1 aromatic carbocycles. The first-order chi connectivity index (χ1) is 14.2. The van der Waals surface area contributed by atoms with Crippen LogP contribution in [0.2, 0.25) is 0 Å². The number of hydrogen-bond donors (Lipinski definition) is 2. The van der Waals surface area contributed by atoms with Gasteiger partial charge >= 0.3 is 6.03 Å². The molecular weight excluding hydrogens is 382 g/mol. The first-order valence-corrected chi connectivity index (χ1v) is 10.9. The van der Waals surface area contributed by atoms with E-state index >= 15 is 0 Å². The van der Waals surface area contributed by atoms with E-state index in [0.29, 0.717) is 43.8 Å². The quantitative estimate of drug-likeness (QED) is 0.669. The van der Waals surface area contributed by atoms with Gasteiger partial charge in [-0.05, 0) is 75.6 Å². The molecule has 3 rings (SSSR count). The van der Waals surface area contributed by atoms with Crippen molar-refractivity contribution in [2.24, 2.45) is 11.8 Å². The number of amides is 4. The first-order valence-electron chi connectivity index (χ1n) is 10.9. The second kappa shape index (κ2) is 9.06. The highest BCUT2D eigenvalue weighted by Crippen LogP contribution is 2.35. The van der Waals surface area contributed by atoms with Crippen LogP contribution in [0.25, 0.3) is 0 Å². The van der Waals surface area contributed by atoms with E-state index in [1.807, 2.05) is 30.9 Å². The van der Waals surface area contributed by atoms with Crippen molar-refractivity contribution in [1.29, 1.82) is 0 Å². The number of nitrogens with zero attached hydrogens (tertiary/aromatic N) is 1. The van der Waals surface area contributed by atoms with Gasteiger partial charge < -0.3 is 15.0 Å². The van der Waals surface area contributed by atoms with Crippen LogP contribution in [-0.2, 0) is 4.79 Å². The lowest BCUT2D eigenvalue weighted by atomic mass is 9.74. The van der Waals surface area contributed by atoms with Crippen LogP contribution >= 0.6 is 0 Å². The van der Waals surface area contributed by atoms with Gasteiger partial charge in [-0.25, -0.2) is 4.79 Å². The molecule has 2 saturated heterocycles. The van der Waals surface area contributed by atoms with Gasteiger partial charge in [0.15, 0.2) is 0 Å². The number of hydrogen-bond acceptors (Lipinski definition) is 4. The van der Waals surface area contributed by atoms with Gasteiger partial charge in [-0.3, -0.25) is 14.9 Å². The van der Waals surface area contributed by atoms with Crippen LogP contribution in [0.4, 0.5) is 4.79 Å². The molecule has 2 heterocycles. The van der Waals surface area contributed by atoms with E-state index in [0.717, 1.165) is 12.2 Å². The smallest absolute Gasteiger partial charge is 0.322 e. The molecule has 0 radical (unpaired) electrons. The number of imide groups is 1. The minimum absolute atomic E-state index is 0.0133. The average Bonchev–Trinajstić information content (AvgIpc) is 3.00. The van der Waals surface area contributed by atoms with Crippen LogP contribution < -0.4 is 15.4 Å². The minimum Gasteiger partial charge on any atom is -0.491 e. The fraction of sp³-hybridized carbons (Fsp3) is 0.609. The molecule has 0 spiro atoms. The van der Waals surface area contributed by atoms with Crippen LogP contribution in [-0.4, -0.2) is 47.5 Å². The third kappa shape index (κ3) is 4.77. The molecule has 0 aliphatic carbocycles. The molecule has 1 atom stereocenters. The van der Waals surface area contributed by atoms with Gasteiger partial charge in [0.25, 0.3) is 11.8 Å². The Morgan fingerprint density at radius 2 is 1.77 bits per heavy atom. The molecule has 4 amide bonds. The van der Waals surface area contributed by atoms with E-state index in [-0.39, 0.29) is 23.8 Å². The lowest BCUT2D eigenvalue weighted by Gasteiger charge is -2.41. The van der Waals surface area contributed by atoms with Gasteiger partial charge in [0.2, 0.25) is 0 Å². The summed E-state index contributed by atoms with van der Waals surface area (Å²) in [5.41, 5.74) is -0.224. The molecule has 0 saturated carbocycles. The number of urea groups is 1. The zero-order valence-electron chi connectivity index (χ0n) is 18.4. The molecule has 2 fully saturated rings. The number of likely N-dealkylation sites (tertiary alicyclic amines) is 1. The first kappa shape index (κ1) is 22.1. The molecule has 2 N–H and O–H groups in total. The number of benzene rings is 1. The molecule has 2 aliphatic rings. The van der Waals surface area contributed by atoms with E-state index in [4.69, 9.17) is 4.74 Å². The van der Waals surface area contributed by atoms with Crippen molar-refractivity contribution in [1.82, 2.24) is 15.5 Å². The maximum atomic E-state index is 12.9. The van der Waals surface area contributed by atoms with Crippen molar-refractivity contribution in [2.45, 2.75) is 65.0 Å². The van der Waals surface area contributed by atoms with Crippen molar-refractivity contribution < 1.29 is 19.1 Å². The molecule has 7 nitrogen and oxygen atoms in total. The summed E-state index contributed by atoms with van der Waals surface area (Å²) in [5.74, 6) is 0.972. The number of nitrogens with one attached hydrogen (secondary N) is 2. The number of rotatable bonds is 7. The Balaban J connectivity index is 1.64. The van der Waals surface area contributed by atoms with Crippen LogP contribution in [0.5, 0.6) is 5.75 Å². The summed E-state index contributed by atoms with van der Waals surface area (Å²) in [7, 11) is 0. The van der Waals surface area contributed by atoms with Gasteiger partial charge in [-0.1, -0.05) is 13.8 Å². The monoisotopic (exact) mass is 415 g/mol. The largest absolute Gasteiger partial charge is 0.491 e.